The van der Waals surface area contributed by atoms with Gasteiger partial charge in [-0.05, 0) is 36.5 Å². The number of rotatable bonds is 6. The smallest absolute Gasteiger partial charge is 0.238 e. The first-order valence-electron chi connectivity index (χ1n) is 10.1. The Labute approximate surface area is 162 Å². The molecule has 0 unspecified atom stereocenters. The Morgan fingerprint density at radius 1 is 0.889 bits per heavy atom. The van der Waals surface area contributed by atoms with Gasteiger partial charge in [0.25, 0.3) is 0 Å². The Kier molecular flexibility index (Phi) is 6.85. The number of hydrogen-bond donors (Lipinski definition) is 1. The summed E-state index contributed by atoms with van der Waals surface area (Å²) in [6.07, 6.45) is 2.27. The molecule has 0 atom stereocenters. The van der Waals surface area contributed by atoms with Gasteiger partial charge in [0.05, 0.1) is 13.1 Å². The fraction of sp³-hybridized carbons (Fsp3) is 0.619. The molecule has 0 saturated carbocycles. The summed E-state index contributed by atoms with van der Waals surface area (Å²) in [5, 5.41) is 2.98. The summed E-state index contributed by atoms with van der Waals surface area (Å²) in [5.74, 6) is 0.765. The van der Waals surface area contributed by atoms with E-state index in [4.69, 9.17) is 0 Å². The van der Waals surface area contributed by atoms with Crippen LogP contribution in [0.5, 0.6) is 0 Å². The molecule has 2 amide bonds. The Hall–Kier alpha value is -1.92. The molecule has 1 aromatic rings. The highest BCUT2D eigenvalue weighted by molar-refractivity contribution is 5.92. The van der Waals surface area contributed by atoms with E-state index in [0.717, 1.165) is 57.8 Å². The lowest BCUT2D eigenvalue weighted by Crippen LogP contribution is -2.51. The normalized spacial score (nSPS) is 18.9. The molecule has 1 aromatic carbocycles. The number of nitrogens with one attached hydrogen (secondary N) is 1. The third-order valence-electron chi connectivity index (χ3n) is 5.51. The molecule has 2 fully saturated rings. The van der Waals surface area contributed by atoms with Crippen LogP contribution in [-0.4, -0.2) is 78.9 Å². The largest absolute Gasteiger partial charge is 0.342 e. The van der Waals surface area contributed by atoms with Crippen LogP contribution < -0.4 is 5.32 Å². The fourth-order valence-corrected chi connectivity index (χ4v) is 3.72. The minimum atomic E-state index is 0.0221. The summed E-state index contributed by atoms with van der Waals surface area (Å²) in [6.45, 7) is 10.4. The zero-order valence-corrected chi connectivity index (χ0v) is 16.6. The van der Waals surface area contributed by atoms with Crippen molar-refractivity contribution >= 4 is 17.5 Å². The monoisotopic (exact) mass is 372 g/mol. The van der Waals surface area contributed by atoms with E-state index in [1.807, 2.05) is 17.0 Å². The van der Waals surface area contributed by atoms with Crippen LogP contribution in [0.3, 0.4) is 0 Å². The van der Waals surface area contributed by atoms with Crippen LogP contribution in [0.15, 0.2) is 24.3 Å². The summed E-state index contributed by atoms with van der Waals surface area (Å²) in [4.78, 5) is 30.9. The average molecular weight is 373 g/mol. The van der Waals surface area contributed by atoms with Crippen LogP contribution >= 0.6 is 0 Å². The minimum Gasteiger partial charge on any atom is -0.342 e. The van der Waals surface area contributed by atoms with Crippen molar-refractivity contribution in [1.29, 1.82) is 0 Å². The van der Waals surface area contributed by atoms with Crippen LogP contribution in [0, 0.1) is 0 Å². The Balaban J connectivity index is 1.38. The van der Waals surface area contributed by atoms with Gasteiger partial charge in [-0.15, -0.1) is 0 Å². The van der Waals surface area contributed by atoms with Crippen molar-refractivity contribution < 1.29 is 9.59 Å². The second kappa shape index (κ2) is 9.33. The quantitative estimate of drug-likeness (QED) is 0.830. The number of nitrogens with zero attached hydrogens (tertiary/aromatic N) is 3. The van der Waals surface area contributed by atoms with E-state index < -0.39 is 0 Å². The first kappa shape index (κ1) is 19.8. The molecule has 6 nitrogen and oxygen atoms in total. The molecule has 0 spiro atoms. The first-order chi connectivity index (χ1) is 13.0. The van der Waals surface area contributed by atoms with Crippen molar-refractivity contribution in [3.63, 3.8) is 0 Å². The van der Waals surface area contributed by atoms with E-state index in [1.54, 1.807) is 0 Å². The van der Waals surface area contributed by atoms with Gasteiger partial charge in [0.2, 0.25) is 11.8 Å². The van der Waals surface area contributed by atoms with E-state index in [2.05, 4.69) is 41.1 Å². The average Bonchev–Trinajstić information content (AvgIpc) is 3.18. The lowest BCUT2D eigenvalue weighted by molar-refractivity contribution is -0.132. The number of anilines is 1. The molecule has 0 bridgehead atoms. The van der Waals surface area contributed by atoms with E-state index >= 15 is 0 Å². The molecule has 2 heterocycles. The van der Waals surface area contributed by atoms with Gasteiger partial charge >= 0.3 is 0 Å². The van der Waals surface area contributed by atoms with Crippen molar-refractivity contribution in [2.24, 2.45) is 0 Å². The standard InChI is InChI=1S/C21H32N4O2/c1-17(2)18-5-7-19(8-6-18)22-20(26)15-23-11-13-24(14-12-23)16-21(27)25-9-3-4-10-25/h5-8,17H,3-4,9-16H2,1-2H3,(H,22,26). The van der Waals surface area contributed by atoms with Crippen molar-refractivity contribution in [3.05, 3.63) is 29.8 Å². The third-order valence-corrected chi connectivity index (χ3v) is 5.51. The van der Waals surface area contributed by atoms with Crippen molar-refractivity contribution in [2.45, 2.75) is 32.6 Å². The van der Waals surface area contributed by atoms with E-state index in [1.165, 1.54) is 5.56 Å². The predicted molar refractivity (Wildman–Crippen MR) is 108 cm³/mol. The summed E-state index contributed by atoms with van der Waals surface area (Å²) >= 11 is 0. The van der Waals surface area contributed by atoms with Gasteiger partial charge in [0.15, 0.2) is 0 Å². The van der Waals surface area contributed by atoms with Gasteiger partial charge in [0.1, 0.15) is 0 Å². The Bertz CT molecular complexity index is 630. The van der Waals surface area contributed by atoms with Gasteiger partial charge in [-0.25, -0.2) is 0 Å². The van der Waals surface area contributed by atoms with E-state index in [-0.39, 0.29) is 11.8 Å². The highest BCUT2D eigenvalue weighted by Gasteiger charge is 2.24. The molecule has 0 aromatic heterocycles. The maximum Gasteiger partial charge on any atom is 0.238 e. The highest BCUT2D eigenvalue weighted by atomic mass is 16.2. The molecule has 3 rings (SSSR count). The maximum absolute atomic E-state index is 12.3. The van der Waals surface area contributed by atoms with Crippen LogP contribution in [0.25, 0.3) is 0 Å². The number of carbonyl (C=O) groups is 2. The molecule has 6 heteroatoms. The SMILES string of the molecule is CC(C)c1ccc(NC(=O)CN2CCN(CC(=O)N3CCCC3)CC2)cc1. The minimum absolute atomic E-state index is 0.0221. The number of benzene rings is 1. The molecule has 148 valence electrons. The van der Waals surface area contributed by atoms with Crippen LogP contribution in [0.4, 0.5) is 5.69 Å². The zero-order valence-electron chi connectivity index (χ0n) is 16.6. The molecule has 0 radical (unpaired) electrons. The lowest BCUT2D eigenvalue weighted by Gasteiger charge is -2.34. The van der Waals surface area contributed by atoms with Crippen molar-refractivity contribution in [1.82, 2.24) is 14.7 Å². The number of likely N-dealkylation sites (tertiary alicyclic amines) is 1. The second-order valence-electron chi connectivity index (χ2n) is 7.97. The third kappa shape index (κ3) is 5.78. The number of amides is 2. The number of piperazine rings is 1. The fourth-order valence-electron chi connectivity index (χ4n) is 3.72. The number of hydrogen-bond acceptors (Lipinski definition) is 4. The zero-order chi connectivity index (χ0) is 19.2. The highest BCUT2D eigenvalue weighted by Crippen LogP contribution is 2.17. The van der Waals surface area contributed by atoms with Gasteiger partial charge in [-0.2, -0.15) is 0 Å². The Morgan fingerprint density at radius 2 is 1.44 bits per heavy atom. The first-order valence-corrected chi connectivity index (χ1v) is 10.1. The summed E-state index contributed by atoms with van der Waals surface area (Å²) < 4.78 is 0. The summed E-state index contributed by atoms with van der Waals surface area (Å²) in [7, 11) is 0. The van der Waals surface area contributed by atoms with Crippen LogP contribution in [0.2, 0.25) is 0 Å². The van der Waals surface area contributed by atoms with Crippen molar-refractivity contribution in [3.8, 4) is 0 Å². The summed E-state index contributed by atoms with van der Waals surface area (Å²) in [5.41, 5.74) is 2.12. The van der Waals surface area contributed by atoms with E-state index in [9.17, 15) is 9.59 Å². The Morgan fingerprint density at radius 3 is 2.00 bits per heavy atom. The lowest BCUT2D eigenvalue weighted by atomic mass is 10.0. The van der Waals surface area contributed by atoms with Crippen molar-refractivity contribution in [2.75, 3.05) is 57.7 Å². The molecule has 0 aliphatic carbocycles. The number of carbonyl (C=O) groups excluding carboxylic acids is 2. The molecule has 27 heavy (non-hydrogen) atoms. The molecular weight excluding hydrogens is 340 g/mol. The van der Waals surface area contributed by atoms with Gasteiger partial charge in [-0.1, -0.05) is 26.0 Å². The van der Waals surface area contributed by atoms with Gasteiger partial charge in [0, 0.05) is 45.0 Å². The maximum atomic E-state index is 12.3. The van der Waals surface area contributed by atoms with Gasteiger partial charge < -0.3 is 10.2 Å². The molecule has 2 aliphatic rings. The molecule has 1 N–H and O–H groups in total. The molecule has 2 saturated heterocycles. The van der Waals surface area contributed by atoms with Crippen LogP contribution in [0.1, 0.15) is 38.2 Å². The predicted octanol–water partition coefficient (Wildman–Crippen LogP) is 1.99. The second-order valence-corrected chi connectivity index (χ2v) is 7.97. The van der Waals surface area contributed by atoms with Crippen LogP contribution in [-0.2, 0) is 9.59 Å². The van der Waals surface area contributed by atoms with Gasteiger partial charge in [-0.3, -0.25) is 19.4 Å². The summed E-state index contributed by atoms with van der Waals surface area (Å²) in [6, 6.07) is 8.07. The topological polar surface area (TPSA) is 55.9 Å². The molecule has 2 aliphatic heterocycles. The molecular formula is C21H32N4O2. The van der Waals surface area contributed by atoms with E-state index in [0.29, 0.717) is 19.0 Å².